The van der Waals surface area contributed by atoms with Crippen molar-refractivity contribution >= 4 is 11.3 Å². The van der Waals surface area contributed by atoms with Crippen LogP contribution in [0.4, 0.5) is 0 Å². The Morgan fingerprint density at radius 2 is 2.33 bits per heavy atom. The molecule has 2 rings (SSSR count). The Morgan fingerprint density at radius 1 is 1.50 bits per heavy atom. The molecule has 0 aliphatic rings. The molecule has 2 aromatic rings. The molecule has 0 aromatic carbocycles. The van der Waals surface area contributed by atoms with Gasteiger partial charge in [0.05, 0.1) is 6.20 Å². The van der Waals surface area contributed by atoms with Gasteiger partial charge in [-0.3, -0.25) is 4.68 Å². The molecule has 0 aliphatic heterocycles. The van der Waals surface area contributed by atoms with Gasteiger partial charge < -0.3 is 5.32 Å². The Labute approximate surface area is 113 Å². The molecule has 0 amide bonds. The van der Waals surface area contributed by atoms with Gasteiger partial charge in [-0.15, -0.1) is 11.3 Å². The minimum absolute atomic E-state index is 0.411. The highest BCUT2D eigenvalue weighted by molar-refractivity contribution is 7.10. The smallest absolute Gasteiger partial charge is 0.0522 e. The van der Waals surface area contributed by atoms with Gasteiger partial charge in [-0.05, 0) is 48.9 Å². The van der Waals surface area contributed by atoms with E-state index in [1.807, 2.05) is 29.3 Å². The fourth-order valence-electron chi connectivity index (χ4n) is 2.13. The topological polar surface area (TPSA) is 29.9 Å². The van der Waals surface area contributed by atoms with E-state index >= 15 is 0 Å². The monoisotopic (exact) mass is 263 g/mol. The largest absolute Gasteiger partial charge is 0.309 e. The van der Waals surface area contributed by atoms with Gasteiger partial charge >= 0.3 is 0 Å². The maximum atomic E-state index is 4.25. The summed E-state index contributed by atoms with van der Waals surface area (Å²) in [6, 6.07) is 2.61. The predicted molar refractivity (Wildman–Crippen MR) is 77.0 cm³/mol. The molecule has 4 heteroatoms. The molecule has 1 unspecified atom stereocenters. The summed E-state index contributed by atoms with van der Waals surface area (Å²) in [7, 11) is 1.97. The number of thiophene rings is 1. The lowest BCUT2D eigenvalue weighted by molar-refractivity contribution is 0.534. The zero-order valence-electron chi connectivity index (χ0n) is 11.3. The van der Waals surface area contributed by atoms with Crippen molar-refractivity contribution in [1.29, 1.82) is 0 Å². The van der Waals surface area contributed by atoms with Crippen molar-refractivity contribution in [3.05, 3.63) is 39.8 Å². The van der Waals surface area contributed by atoms with Crippen LogP contribution in [-0.2, 0) is 13.5 Å². The molecule has 0 fully saturated rings. The van der Waals surface area contributed by atoms with Crippen LogP contribution >= 0.6 is 11.3 Å². The lowest BCUT2D eigenvalue weighted by Crippen LogP contribution is -2.23. The SMILES string of the molecule is CCCNC(Cc1cnn(C)c1)c1sccc1C. The van der Waals surface area contributed by atoms with Crippen LogP contribution in [0.25, 0.3) is 0 Å². The van der Waals surface area contributed by atoms with Gasteiger partial charge in [-0.1, -0.05) is 6.92 Å². The Balaban J connectivity index is 2.12. The summed E-state index contributed by atoms with van der Waals surface area (Å²) < 4.78 is 1.87. The van der Waals surface area contributed by atoms with Crippen molar-refractivity contribution in [2.45, 2.75) is 32.7 Å². The fourth-order valence-corrected chi connectivity index (χ4v) is 3.13. The normalized spacial score (nSPS) is 12.8. The summed E-state index contributed by atoms with van der Waals surface area (Å²) in [5, 5.41) is 10.1. The van der Waals surface area contributed by atoms with Crippen LogP contribution in [0.5, 0.6) is 0 Å². The molecular formula is C14H21N3S. The summed E-state index contributed by atoms with van der Waals surface area (Å²) in [6.07, 6.45) is 6.23. The molecule has 0 aliphatic carbocycles. The van der Waals surface area contributed by atoms with Gasteiger partial charge in [-0.2, -0.15) is 5.10 Å². The lowest BCUT2D eigenvalue weighted by Gasteiger charge is -2.17. The molecule has 0 saturated heterocycles. The van der Waals surface area contributed by atoms with Crippen molar-refractivity contribution in [3.8, 4) is 0 Å². The maximum Gasteiger partial charge on any atom is 0.0522 e. The van der Waals surface area contributed by atoms with E-state index in [1.54, 1.807) is 0 Å². The first-order valence-corrected chi connectivity index (χ1v) is 7.33. The maximum absolute atomic E-state index is 4.25. The average Bonchev–Trinajstić information content (AvgIpc) is 2.93. The Morgan fingerprint density at radius 3 is 2.89 bits per heavy atom. The first kappa shape index (κ1) is 13.3. The molecule has 98 valence electrons. The third-order valence-electron chi connectivity index (χ3n) is 3.06. The van der Waals surface area contributed by atoms with Gasteiger partial charge in [0.2, 0.25) is 0 Å². The minimum atomic E-state index is 0.411. The van der Waals surface area contributed by atoms with Crippen molar-refractivity contribution in [2.24, 2.45) is 7.05 Å². The van der Waals surface area contributed by atoms with Crippen molar-refractivity contribution in [2.75, 3.05) is 6.54 Å². The molecule has 0 bridgehead atoms. The number of aromatic nitrogens is 2. The summed E-state index contributed by atoms with van der Waals surface area (Å²) in [4.78, 5) is 1.45. The number of hydrogen-bond donors (Lipinski definition) is 1. The van der Waals surface area contributed by atoms with Crippen LogP contribution in [0.15, 0.2) is 23.8 Å². The van der Waals surface area contributed by atoms with Crippen molar-refractivity contribution in [3.63, 3.8) is 0 Å². The van der Waals surface area contributed by atoms with E-state index in [4.69, 9.17) is 0 Å². The molecule has 2 heterocycles. The second-order valence-corrected chi connectivity index (χ2v) is 5.65. The van der Waals surface area contributed by atoms with Crippen molar-refractivity contribution in [1.82, 2.24) is 15.1 Å². The van der Waals surface area contributed by atoms with E-state index in [9.17, 15) is 0 Å². The number of nitrogens with zero attached hydrogens (tertiary/aromatic N) is 2. The van der Waals surface area contributed by atoms with Crippen LogP contribution in [0, 0.1) is 6.92 Å². The molecule has 0 radical (unpaired) electrons. The fraction of sp³-hybridized carbons (Fsp3) is 0.500. The number of nitrogens with one attached hydrogen (secondary N) is 1. The van der Waals surface area contributed by atoms with Crippen LogP contribution < -0.4 is 5.32 Å². The quantitative estimate of drug-likeness (QED) is 0.868. The zero-order valence-corrected chi connectivity index (χ0v) is 12.1. The van der Waals surface area contributed by atoms with E-state index < -0.39 is 0 Å². The Hall–Kier alpha value is -1.13. The average molecular weight is 263 g/mol. The van der Waals surface area contributed by atoms with E-state index in [1.165, 1.54) is 16.0 Å². The van der Waals surface area contributed by atoms with Crippen LogP contribution in [0.1, 0.15) is 35.4 Å². The molecule has 1 atom stereocenters. The van der Waals surface area contributed by atoms with Crippen LogP contribution in [-0.4, -0.2) is 16.3 Å². The number of aryl methyl sites for hydroxylation is 2. The minimum Gasteiger partial charge on any atom is -0.309 e. The Bertz CT molecular complexity index is 487. The molecule has 0 saturated carbocycles. The lowest BCUT2D eigenvalue weighted by atomic mass is 10.1. The van der Waals surface area contributed by atoms with E-state index in [0.717, 1.165) is 19.4 Å². The molecule has 1 N–H and O–H groups in total. The molecule has 0 spiro atoms. The van der Waals surface area contributed by atoms with Gasteiger partial charge in [0, 0.05) is 24.2 Å². The molecule has 2 aromatic heterocycles. The Kier molecular flexibility index (Phi) is 4.55. The first-order valence-electron chi connectivity index (χ1n) is 6.45. The molecule has 18 heavy (non-hydrogen) atoms. The van der Waals surface area contributed by atoms with E-state index in [2.05, 4.69) is 41.9 Å². The second-order valence-electron chi connectivity index (χ2n) is 4.70. The number of hydrogen-bond acceptors (Lipinski definition) is 3. The third-order valence-corrected chi connectivity index (χ3v) is 4.19. The van der Waals surface area contributed by atoms with Gasteiger partial charge in [0.1, 0.15) is 0 Å². The second kappa shape index (κ2) is 6.16. The summed E-state index contributed by atoms with van der Waals surface area (Å²) in [5.74, 6) is 0. The van der Waals surface area contributed by atoms with E-state index in [0.29, 0.717) is 6.04 Å². The highest BCUT2D eigenvalue weighted by atomic mass is 32.1. The zero-order chi connectivity index (χ0) is 13.0. The highest BCUT2D eigenvalue weighted by Crippen LogP contribution is 2.26. The molecule has 3 nitrogen and oxygen atoms in total. The number of rotatable bonds is 6. The first-order chi connectivity index (χ1) is 8.70. The van der Waals surface area contributed by atoms with Crippen LogP contribution in [0.2, 0.25) is 0 Å². The van der Waals surface area contributed by atoms with E-state index in [-0.39, 0.29) is 0 Å². The van der Waals surface area contributed by atoms with Gasteiger partial charge in [0.15, 0.2) is 0 Å². The van der Waals surface area contributed by atoms with Gasteiger partial charge in [0.25, 0.3) is 0 Å². The third kappa shape index (κ3) is 3.21. The van der Waals surface area contributed by atoms with Crippen molar-refractivity contribution < 1.29 is 0 Å². The highest BCUT2D eigenvalue weighted by Gasteiger charge is 2.15. The summed E-state index contributed by atoms with van der Waals surface area (Å²) in [5.41, 5.74) is 2.68. The molecular weight excluding hydrogens is 242 g/mol. The van der Waals surface area contributed by atoms with Crippen LogP contribution in [0.3, 0.4) is 0 Å². The standard InChI is InChI=1S/C14H21N3S/c1-4-6-15-13(14-11(2)5-7-18-14)8-12-9-16-17(3)10-12/h5,7,9-10,13,15H,4,6,8H2,1-3H3. The summed E-state index contributed by atoms with van der Waals surface area (Å²) in [6.45, 7) is 5.45. The summed E-state index contributed by atoms with van der Waals surface area (Å²) >= 11 is 1.84. The van der Waals surface area contributed by atoms with Gasteiger partial charge in [-0.25, -0.2) is 0 Å². The predicted octanol–water partition coefficient (Wildman–Crippen LogP) is 3.07.